The molecule has 4 aromatic carbocycles. The molecule has 0 radical (unpaired) electrons. The maximum Gasteiger partial charge on any atom is 0.234 e. The number of benzene rings is 4. The first-order valence-electron chi connectivity index (χ1n) is 12.6. The summed E-state index contributed by atoms with van der Waals surface area (Å²) in [7, 11) is -3.76. The van der Waals surface area contributed by atoms with Crippen LogP contribution in [0.5, 0.6) is 0 Å². The molecule has 5 aromatic rings. The fourth-order valence-electron chi connectivity index (χ4n) is 4.07. The Morgan fingerprint density at radius 2 is 1.56 bits per heavy atom. The van der Waals surface area contributed by atoms with E-state index in [0.717, 1.165) is 11.3 Å². The van der Waals surface area contributed by atoms with E-state index in [0.29, 0.717) is 27.4 Å². The van der Waals surface area contributed by atoms with Crippen LogP contribution in [0.2, 0.25) is 5.02 Å². The Labute approximate surface area is 247 Å². The predicted molar refractivity (Wildman–Crippen MR) is 163 cm³/mol. The summed E-state index contributed by atoms with van der Waals surface area (Å²) in [5.74, 6) is 0.466. The molecule has 1 amide bonds. The van der Waals surface area contributed by atoms with Gasteiger partial charge in [-0.1, -0.05) is 71.4 Å². The van der Waals surface area contributed by atoms with Crippen molar-refractivity contribution >= 4 is 50.5 Å². The van der Waals surface area contributed by atoms with Gasteiger partial charge in [0.15, 0.2) is 11.0 Å². The van der Waals surface area contributed by atoms with Crippen molar-refractivity contribution in [1.29, 1.82) is 0 Å². The van der Waals surface area contributed by atoms with Gasteiger partial charge < -0.3 is 10.6 Å². The minimum absolute atomic E-state index is 0.110. The number of nitrogens with one attached hydrogen (secondary N) is 2. The number of carbonyl (C=O) groups is 1. The Morgan fingerprint density at radius 1 is 0.878 bits per heavy atom. The van der Waals surface area contributed by atoms with Gasteiger partial charge in [0, 0.05) is 16.4 Å². The average Bonchev–Trinajstić information content (AvgIpc) is 3.40. The predicted octanol–water partition coefficient (Wildman–Crippen LogP) is 6.40. The number of hydrogen-bond acceptors (Lipinski definition) is 7. The Bertz CT molecular complexity index is 1760. The molecule has 11 heteroatoms. The quantitative estimate of drug-likeness (QED) is 0.178. The summed E-state index contributed by atoms with van der Waals surface area (Å²) in [6, 6.07) is 30.0. The highest BCUT2D eigenvalue weighted by atomic mass is 35.5. The number of nitrogens with zero attached hydrogens (tertiary/aromatic N) is 3. The maximum absolute atomic E-state index is 13.4. The standard InChI is InChI=1S/C30H26ClN5O3S2/c1-21-11-17-25(18-12-21)41(38,39)27-10-6-5-9-26(27)32-19-28-34-35-30(36(28)24-7-3-2-4-8-24)40-20-29(37)33-23-15-13-22(31)14-16-23/h2-18,32H,19-20H2,1H3,(H,33,37). The normalized spacial score (nSPS) is 11.3. The van der Waals surface area contributed by atoms with Crippen LogP contribution in [0.4, 0.5) is 11.4 Å². The van der Waals surface area contributed by atoms with E-state index in [1.165, 1.54) is 11.8 Å². The number of thioether (sulfide) groups is 1. The second-order valence-corrected chi connectivity index (χ2v) is 12.4. The Morgan fingerprint density at radius 3 is 2.29 bits per heavy atom. The van der Waals surface area contributed by atoms with Crippen molar-refractivity contribution in [1.82, 2.24) is 14.8 Å². The summed E-state index contributed by atoms with van der Waals surface area (Å²) in [6.07, 6.45) is 0. The van der Waals surface area contributed by atoms with Gasteiger partial charge in [-0.3, -0.25) is 9.36 Å². The number of para-hydroxylation sites is 2. The van der Waals surface area contributed by atoms with E-state index in [9.17, 15) is 13.2 Å². The molecule has 0 aliphatic heterocycles. The number of hydrogen-bond donors (Lipinski definition) is 2. The van der Waals surface area contributed by atoms with Crippen LogP contribution < -0.4 is 10.6 Å². The lowest BCUT2D eigenvalue weighted by molar-refractivity contribution is -0.113. The second kappa shape index (κ2) is 12.6. The zero-order valence-electron chi connectivity index (χ0n) is 22.0. The van der Waals surface area contributed by atoms with Crippen LogP contribution in [0.3, 0.4) is 0 Å². The molecule has 0 fully saturated rings. The van der Waals surface area contributed by atoms with Crippen molar-refractivity contribution in [2.75, 3.05) is 16.4 Å². The first kappa shape index (κ1) is 28.4. The minimum Gasteiger partial charge on any atom is -0.377 e. The zero-order chi connectivity index (χ0) is 28.8. The molecule has 208 valence electrons. The van der Waals surface area contributed by atoms with E-state index in [2.05, 4.69) is 20.8 Å². The molecule has 0 spiro atoms. The van der Waals surface area contributed by atoms with Crippen molar-refractivity contribution in [3.8, 4) is 5.69 Å². The van der Waals surface area contributed by atoms with Gasteiger partial charge in [0.25, 0.3) is 0 Å². The summed E-state index contributed by atoms with van der Waals surface area (Å²) in [4.78, 5) is 13.0. The lowest BCUT2D eigenvalue weighted by atomic mass is 10.2. The molecule has 0 bridgehead atoms. The molecule has 0 aliphatic rings. The molecule has 0 saturated heterocycles. The fourth-order valence-corrected chi connectivity index (χ4v) is 6.40. The SMILES string of the molecule is Cc1ccc(S(=O)(=O)c2ccccc2NCc2nnc(SCC(=O)Nc3ccc(Cl)cc3)n2-c2ccccc2)cc1. The highest BCUT2D eigenvalue weighted by Gasteiger charge is 2.22. The molecule has 2 N–H and O–H groups in total. The summed E-state index contributed by atoms with van der Waals surface area (Å²) >= 11 is 7.17. The first-order chi connectivity index (χ1) is 19.8. The van der Waals surface area contributed by atoms with Crippen molar-refractivity contribution in [2.45, 2.75) is 28.4 Å². The largest absolute Gasteiger partial charge is 0.377 e. The van der Waals surface area contributed by atoms with Crippen LogP contribution in [0.15, 0.2) is 118 Å². The van der Waals surface area contributed by atoms with E-state index in [4.69, 9.17) is 11.6 Å². The molecule has 1 aromatic heterocycles. The van der Waals surface area contributed by atoms with E-state index >= 15 is 0 Å². The lowest BCUT2D eigenvalue weighted by Gasteiger charge is -2.14. The monoisotopic (exact) mass is 603 g/mol. The smallest absolute Gasteiger partial charge is 0.234 e. The molecule has 0 unspecified atom stereocenters. The number of rotatable bonds is 10. The molecule has 5 rings (SSSR count). The van der Waals surface area contributed by atoms with Gasteiger partial charge in [-0.05, 0) is 67.6 Å². The molecule has 0 atom stereocenters. The summed E-state index contributed by atoms with van der Waals surface area (Å²) in [6.45, 7) is 2.10. The lowest BCUT2D eigenvalue weighted by Crippen LogP contribution is -2.15. The Hall–Kier alpha value is -4.12. The van der Waals surface area contributed by atoms with E-state index in [1.807, 2.05) is 41.8 Å². The molecule has 1 heterocycles. The topological polar surface area (TPSA) is 106 Å². The summed E-state index contributed by atoms with van der Waals surface area (Å²) in [5.41, 5.74) is 2.89. The number of sulfone groups is 1. The number of aromatic nitrogens is 3. The third kappa shape index (κ3) is 6.79. The Balaban J connectivity index is 1.37. The maximum atomic E-state index is 13.4. The van der Waals surface area contributed by atoms with Crippen LogP contribution in [-0.2, 0) is 21.2 Å². The summed E-state index contributed by atoms with van der Waals surface area (Å²) in [5, 5.41) is 15.9. The van der Waals surface area contributed by atoms with Crippen molar-refractivity contribution in [3.63, 3.8) is 0 Å². The van der Waals surface area contributed by atoms with Crippen molar-refractivity contribution in [2.24, 2.45) is 0 Å². The number of amides is 1. The number of carbonyl (C=O) groups excluding carboxylic acids is 1. The number of halogens is 1. The van der Waals surface area contributed by atoms with Crippen molar-refractivity contribution < 1.29 is 13.2 Å². The van der Waals surface area contributed by atoms with Crippen molar-refractivity contribution in [3.05, 3.63) is 120 Å². The molecule has 41 heavy (non-hydrogen) atoms. The summed E-state index contributed by atoms with van der Waals surface area (Å²) < 4.78 is 28.7. The fraction of sp³-hybridized carbons (Fsp3) is 0.100. The van der Waals surface area contributed by atoms with Crippen LogP contribution in [0.1, 0.15) is 11.4 Å². The molecular weight excluding hydrogens is 578 g/mol. The van der Waals surface area contributed by atoms with Crippen LogP contribution in [0, 0.1) is 6.92 Å². The highest BCUT2D eigenvalue weighted by molar-refractivity contribution is 7.99. The molecule has 0 saturated carbocycles. The van der Waals surface area contributed by atoms with E-state index in [1.54, 1.807) is 72.8 Å². The highest BCUT2D eigenvalue weighted by Crippen LogP contribution is 2.29. The third-order valence-electron chi connectivity index (χ3n) is 6.12. The average molecular weight is 604 g/mol. The van der Waals surface area contributed by atoms with Gasteiger partial charge >= 0.3 is 0 Å². The number of aryl methyl sites for hydroxylation is 1. The zero-order valence-corrected chi connectivity index (χ0v) is 24.4. The van der Waals surface area contributed by atoms with Gasteiger partial charge in [0.1, 0.15) is 0 Å². The molecule has 8 nitrogen and oxygen atoms in total. The van der Waals surface area contributed by atoms with Gasteiger partial charge in [-0.2, -0.15) is 0 Å². The van der Waals surface area contributed by atoms with Gasteiger partial charge in [0.2, 0.25) is 15.7 Å². The first-order valence-corrected chi connectivity index (χ1v) is 15.5. The van der Waals surface area contributed by atoms with E-state index < -0.39 is 9.84 Å². The van der Waals surface area contributed by atoms with Gasteiger partial charge in [-0.25, -0.2) is 8.42 Å². The van der Waals surface area contributed by atoms with Crippen LogP contribution in [-0.4, -0.2) is 34.8 Å². The number of anilines is 2. The third-order valence-corrected chi connectivity index (χ3v) is 9.13. The van der Waals surface area contributed by atoms with E-state index in [-0.39, 0.29) is 28.0 Å². The van der Waals surface area contributed by atoms with Crippen LogP contribution >= 0.6 is 23.4 Å². The molecule has 0 aliphatic carbocycles. The Kier molecular flexibility index (Phi) is 8.72. The van der Waals surface area contributed by atoms with Gasteiger partial charge in [0.05, 0.1) is 27.8 Å². The molecular formula is C30H26ClN5O3S2. The van der Waals surface area contributed by atoms with Crippen LogP contribution in [0.25, 0.3) is 5.69 Å². The second-order valence-electron chi connectivity index (χ2n) is 9.08. The minimum atomic E-state index is -3.76. The van der Waals surface area contributed by atoms with Gasteiger partial charge in [-0.15, -0.1) is 10.2 Å².